The summed E-state index contributed by atoms with van der Waals surface area (Å²) in [6.07, 6.45) is 5.06. The Morgan fingerprint density at radius 3 is 2.83 bits per heavy atom. The van der Waals surface area contributed by atoms with Gasteiger partial charge in [0.05, 0.1) is 11.1 Å². The molecule has 1 aliphatic heterocycles. The molecule has 0 aliphatic carbocycles. The Morgan fingerprint density at radius 1 is 1.56 bits per heavy atom. The normalized spacial score (nSPS) is 23.2. The molecule has 1 atom stereocenters. The van der Waals surface area contributed by atoms with Gasteiger partial charge >= 0.3 is 5.97 Å². The second-order valence-electron chi connectivity index (χ2n) is 4.39. The van der Waals surface area contributed by atoms with Crippen molar-refractivity contribution >= 4 is 17.7 Å². The summed E-state index contributed by atoms with van der Waals surface area (Å²) in [7, 11) is 0. The number of aromatic carboxylic acids is 1. The molecule has 6 nitrogen and oxygen atoms in total. The van der Waals surface area contributed by atoms with E-state index in [1.165, 1.54) is 23.2 Å². The third-order valence-electron chi connectivity index (χ3n) is 2.75. The van der Waals surface area contributed by atoms with Crippen molar-refractivity contribution in [2.45, 2.75) is 18.9 Å². The summed E-state index contributed by atoms with van der Waals surface area (Å²) in [5.74, 6) is -0.962. The molecule has 6 heteroatoms. The molecule has 1 aliphatic rings. The molecule has 18 heavy (non-hydrogen) atoms. The molecule has 0 aromatic carbocycles. The van der Waals surface area contributed by atoms with Crippen LogP contribution in [0.1, 0.15) is 23.7 Å². The summed E-state index contributed by atoms with van der Waals surface area (Å²) in [6, 6.07) is 2.88. The van der Waals surface area contributed by atoms with Crippen molar-refractivity contribution in [2.75, 3.05) is 4.90 Å². The Bertz CT molecular complexity index is 520. The molecule has 1 aromatic rings. The summed E-state index contributed by atoms with van der Waals surface area (Å²) in [4.78, 5) is 28.0. The summed E-state index contributed by atoms with van der Waals surface area (Å²) >= 11 is 0. The zero-order valence-corrected chi connectivity index (χ0v) is 9.83. The number of rotatable bonds is 2. The van der Waals surface area contributed by atoms with Gasteiger partial charge in [0.2, 0.25) is 0 Å². The molecule has 0 fully saturated rings. The van der Waals surface area contributed by atoms with Gasteiger partial charge in [-0.05, 0) is 25.5 Å². The van der Waals surface area contributed by atoms with Crippen LogP contribution in [-0.4, -0.2) is 27.5 Å². The Labute approximate surface area is 104 Å². The van der Waals surface area contributed by atoms with Crippen LogP contribution in [-0.2, 0) is 4.79 Å². The van der Waals surface area contributed by atoms with Crippen LogP contribution in [0.5, 0.6) is 0 Å². The summed E-state index contributed by atoms with van der Waals surface area (Å²) in [5.41, 5.74) is 4.98. The topological polar surface area (TPSA) is 96.5 Å². The minimum Gasteiger partial charge on any atom is -0.478 e. The fraction of sp³-hybridized carbons (Fsp3) is 0.250. The van der Waals surface area contributed by atoms with Gasteiger partial charge < -0.3 is 10.8 Å². The first-order chi connectivity index (χ1) is 8.42. The number of carbonyl (C=O) groups is 2. The van der Waals surface area contributed by atoms with Gasteiger partial charge in [-0.3, -0.25) is 9.69 Å². The molecule has 1 unspecified atom stereocenters. The lowest BCUT2D eigenvalue weighted by atomic mass is 9.95. The van der Waals surface area contributed by atoms with Crippen molar-refractivity contribution in [1.82, 2.24) is 4.98 Å². The molecular weight excluding hydrogens is 234 g/mol. The number of pyridine rings is 1. The van der Waals surface area contributed by atoms with Crippen LogP contribution in [0.2, 0.25) is 0 Å². The SMILES string of the molecule is CC1(N)CC=CN(c2ccc(C(=O)O)cn2)C1=O. The van der Waals surface area contributed by atoms with Crippen LogP contribution in [0.3, 0.4) is 0 Å². The van der Waals surface area contributed by atoms with Crippen LogP contribution in [0.15, 0.2) is 30.6 Å². The second-order valence-corrected chi connectivity index (χ2v) is 4.39. The van der Waals surface area contributed by atoms with Crippen molar-refractivity contribution in [3.63, 3.8) is 0 Å². The highest BCUT2D eigenvalue weighted by atomic mass is 16.4. The van der Waals surface area contributed by atoms with Crippen LogP contribution in [0.25, 0.3) is 0 Å². The molecule has 3 N–H and O–H groups in total. The lowest BCUT2D eigenvalue weighted by molar-refractivity contribution is -0.122. The van der Waals surface area contributed by atoms with E-state index in [1.54, 1.807) is 19.2 Å². The number of nitrogens with two attached hydrogens (primary N) is 1. The Balaban J connectivity index is 2.32. The fourth-order valence-electron chi connectivity index (χ4n) is 1.67. The van der Waals surface area contributed by atoms with Crippen molar-refractivity contribution in [3.8, 4) is 0 Å². The number of nitrogens with zero attached hydrogens (tertiary/aromatic N) is 2. The number of carbonyl (C=O) groups excluding carboxylic acids is 1. The third kappa shape index (κ3) is 2.10. The first kappa shape index (κ1) is 12.3. The highest BCUT2D eigenvalue weighted by Crippen LogP contribution is 2.22. The summed E-state index contributed by atoms with van der Waals surface area (Å²) in [5, 5.41) is 8.77. The Morgan fingerprint density at radius 2 is 2.28 bits per heavy atom. The van der Waals surface area contributed by atoms with Crippen molar-refractivity contribution in [3.05, 3.63) is 36.2 Å². The molecule has 94 valence electrons. The first-order valence-electron chi connectivity index (χ1n) is 5.40. The van der Waals surface area contributed by atoms with Crippen LogP contribution >= 0.6 is 0 Å². The van der Waals surface area contributed by atoms with Crippen molar-refractivity contribution < 1.29 is 14.7 Å². The van der Waals surface area contributed by atoms with Gasteiger partial charge in [0, 0.05) is 12.4 Å². The zero-order chi connectivity index (χ0) is 13.3. The van der Waals surface area contributed by atoms with Gasteiger partial charge in [0.25, 0.3) is 5.91 Å². The average Bonchev–Trinajstić information content (AvgIpc) is 2.33. The number of amides is 1. The van der Waals surface area contributed by atoms with E-state index >= 15 is 0 Å². The smallest absolute Gasteiger partial charge is 0.337 e. The van der Waals surface area contributed by atoms with E-state index < -0.39 is 11.5 Å². The van der Waals surface area contributed by atoms with Gasteiger partial charge in [-0.15, -0.1) is 0 Å². The zero-order valence-electron chi connectivity index (χ0n) is 9.83. The molecule has 0 bridgehead atoms. The largest absolute Gasteiger partial charge is 0.478 e. The van der Waals surface area contributed by atoms with E-state index in [0.717, 1.165) is 0 Å². The molecule has 2 rings (SSSR count). The highest BCUT2D eigenvalue weighted by Gasteiger charge is 2.34. The van der Waals surface area contributed by atoms with Gasteiger partial charge in [-0.2, -0.15) is 0 Å². The van der Waals surface area contributed by atoms with E-state index in [0.29, 0.717) is 12.2 Å². The van der Waals surface area contributed by atoms with E-state index in [9.17, 15) is 9.59 Å². The number of anilines is 1. The van der Waals surface area contributed by atoms with Gasteiger partial charge in [-0.25, -0.2) is 9.78 Å². The lowest BCUT2D eigenvalue weighted by Gasteiger charge is -2.31. The number of aromatic nitrogens is 1. The summed E-state index contributed by atoms with van der Waals surface area (Å²) in [6.45, 7) is 1.65. The van der Waals surface area contributed by atoms with Gasteiger partial charge in [-0.1, -0.05) is 6.08 Å². The predicted octanol–water partition coefficient (Wildman–Crippen LogP) is 0.748. The molecule has 1 aromatic heterocycles. The monoisotopic (exact) mass is 247 g/mol. The van der Waals surface area contributed by atoms with Crippen LogP contribution in [0, 0.1) is 0 Å². The number of hydrogen-bond donors (Lipinski definition) is 2. The molecule has 0 saturated carbocycles. The van der Waals surface area contributed by atoms with E-state index in [4.69, 9.17) is 10.8 Å². The van der Waals surface area contributed by atoms with Gasteiger partial charge in [0.1, 0.15) is 5.82 Å². The first-order valence-corrected chi connectivity index (χ1v) is 5.40. The Hall–Kier alpha value is -2.21. The molecule has 1 amide bonds. The lowest BCUT2D eigenvalue weighted by Crippen LogP contribution is -2.53. The van der Waals surface area contributed by atoms with Crippen LogP contribution in [0.4, 0.5) is 5.82 Å². The quantitative estimate of drug-likeness (QED) is 0.803. The summed E-state index contributed by atoms with van der Waals surface area (Å²) < 4.78 is 0. The second kappa shape index (κ2) is 4.23. The minimum atomic E-state index is -1.06. The fourth-order valence-corrected chi connectivity index (χ4v) is 1.67. The van der Waals surface area contributed by atoms with E-state index in [2.05, 4.69) is 4.98 Å². The molecular formula is C12H13N3O3. The van der Waals surface area contributed by atoms with Gasteiger partial charge in [0.15, 0.2) is 0 Å². The number of carboxylic acid groups (broad SMARTS) is 1. The highest BCUT2D eigenvalue weighted by molar-refractivity contribution is 6.01. The maximum Gasteiger partial charge on any atom is 0.337 e. The minimum absolute atomic E-state index is 0.0719. The van der Waals surface area contributed by atoms with E-state index in [-0.39, 0.29) is 11.5 Å². The van der Waals surface area contributed by atoms with Crippen molar-refractivity contribution in [2.24, 2.45) is 5.73 Å². The molecule has 0 saturated heterocycles. The average molecular weight is 247 g/mol. The molecule has 2 heterocycles. The van der Waals surface area contributed by atoms with E-state index in [1.807, 2.05) is 0 Å². The standard InChI is InChI=1S/C12H13N3O3/c1-12(13)5-2-6-15(11(12)18)9-4-3-8(7-14-9)10(16)17/h2-4,6-7H,5,13H2,1H3,(H,16,17). The Kier molecular flexibility index (Phi) is 2.88. The van der Waals surface area contributed by atoms with Crippen LogP contribution < -0.4 is 10.6 Å². The number of hydrogen-bond acceptors (Lipinski definition) is 4. The van der Waals surface area contributed by atoms with Crippen molar-refractivity contribution in [1.29, 1.82) is 0 Å². The number of carboxylic acids is 1. The third-order valence-corrected chi connectivity index (χ3v) is 2.75. The molecule has 0 radical (unpaired) electrons. The predicted molar refractivity (Wildman–Crippen MR) is 65.0 cm³/mol. The molecule has 0 spiro atoms. The maximum atomic E-state index is 12.1. The maximum absolute atomic E-state index is 12.1.